The van der Waals surface area contributed by atoms with Crippen LogP contribution in [-0.4, -0.2) is 36.9 Å². The van der Waals surface area contributed by atoms with Gasteiger partial charge in [-0.1, -0.05) is 0 Å². The van der Waals surface area contributed by atoms with Crippen LogP contribution in [0, 0.1) is 11.3 Å². The zero-order valence-electron chi connectivity index (χ0n) is 11.4. The van der Waals surface area contributed by atoms with Crippen LogP contribution in [0.1, 0.15) is 34.6 Å². The average Bonchev–Trinajstić information content (AvgIpc) is 2.64. The van der Waals surface area contributed by atoms with Crippen molar-refractivity contribution in [2.24, 2.45) is 11.3 Å². The molecule has 0 bridgehead atoms. The Labute approximate surface area is 103 Å². The number of carbonyl (C=O) groups is 1. The van der Waals surface area contributed by atoms with Crippen LogP contribution in [0.4, 0.5) is 0 Å². The molecule has 1 N–H and O–H groups in total. The lowest BCUT2D eigenvalue weighted by molar-refractivity contribution is -0.176. The SMILES string of the molecule is CC(C)(C)OC(=O)C12CNCC1COC2(C)C. The van der Waals surface area contributed by atoms with E-state index in [1.54, 1.807) is 0 Å². The highest BCUT2D eigenvalue weighted by Gasteiger charge is 2.65. The van der Waals surface area contributed by atoms with E-state index in [4.69, 9.17) is 9.47 Å². The molecule has 0 amide bonds. The maximum absolute atomic E-state index is 12.5. The van der Waals surface area contributed by atoms with Gasteiger partial charge in [-0.15, -0.1) is 0 Å². The Kier molecular flexibility index (Phi) is 2.79. The Balaban J connectivity index is 2.29. The average molecular weight is 241 g/mol. The van der Waals surface area contributed by atoms with E-state index in [1.165, 1.54) is 0 Å². The molecule has 2 aliphatic rings. The van der Waals surface area contributed by atoms with Gasteiger partial charge in [0.25, 0.3) is 0 Å². The van der Waals surface area contributed by atoms with E-state index in [0.29, 0.717) is 13.2 Å². The smallest absolute Gasteiger partial charge is 0.317 e. The Bertz CT molecular complexity index is 332. The van der Waals surface area contributed by atoms with E-state index in [2.05, 4.69) is 5.32 Å². The first-order valence-corrected chi connectivity index (χ1v) is 6.27. The zero-order valence-corrected chi connectivity index (χ0v) is 11.4. The van der Waals surface area contributed by atoms with E-state index < -0.39 is 16.6 Å². The van der Waals surface area contributed by atoms with E-state index in [9.17, 15) is 4.79 Å². The normalized spacial score (nSPS) is 35.7. The number of esters is 1. The van der Waals surface area contributed by atoms with Gasteiger partial charge in [0.2, 0.25) is 0 Å². The van der Waals surface area contributed by atoms with Gasteiger partial charge < -0.3 is 14.8 Å². The summed E-state index contributed by atoms with van der Waals surface area (Å²) < 4.78 is 11.4. The third-order valence-corrected chi connectivity index (χ3v) is 3.97. The minimum Gasteiger partial charge on any atom is -0.459 e. The van der Waals surface area contributed by atoms with Crippen LogP contribution in [-0.2, 0) is 14.3 Å². The van der Waals surface area contributed by atoms with Crippen LogP contribution >= 0.6 is 0 Å². The van der Waals surface area contributed by atoms with Crippen molar-refractivity contribution >= 4 is 5.97 Å². The lowest BCUT2D eigenvalue weighted by Gasteiger charge is -2.38. The number of nitrogens with one attached hydrogen (secondary N) is 1. The molecule has 2 fully saturated rings. The summed E-state index contributed by atoms with van der Waals surface area (Å²) in [5.74, 6) is 0.106. The van der Waals surface area contributed by atoms with Crippen molar-refractivity contribution in [3.05, 3.63) is 0 Å². The molecule has 4 heteroatoms. The molecule has 0 aromatic rings. The maximum atomic E-state index is 12.5. The Morgan fingerprint density at radius 1 is 1.41 bits per heavy atom. The van der Waals surface area contributed by atoms with Crippen molar-refractivity contribution in [2.75, 3.05) is 19.7 Å². The molecule has 17 heavy (non-hydrogen) atoms. The summed E-state index contributed by atoms with van der Waals surface area (Å²) in [4.78, 5) is 12.5. The molecule has 0 radical (unpaired) electrons. The monoisotopic (exact) mass is 241 g/mol. The van der Waals surface area contributed by atoms with Gasteiger partial charge in [0.05, 0.1) is 12.2 Å². The molecule has 2 saturated heterocycles. The Hall–Kier alpha value is -0.610. The van der Waals surface area contributed by atoms with Gasteiger partial charge in [-0.2, -0.15) is 0 Å². The maximum Gasteiger partial charge on any atom is 0.317 e. The second-order valence-corrected chi connectivity index (χ2v) is 6.62. The molecule has 0 spiro atoms. The largest absolute Gasteiger partial charge is 0.459 e. The fourth-order valence-electron chi connectivity index (χ4n) is 2.96. The number of fused-ring (bicyclic) bond motifs is 1. The molecule has 0 aromatic heterocycles. The number of carbonyl (C=O) groups excluding carboxylic acids is 1. The topological polar surface area (TPSA) is 47.6 Å². The van der Waals surface area contributed by atoms with Crippen molar-refractivity contribution in [2.45, 2.75) is 45.8 Å². The quantitative estimate of drug-likeness (QED) is 0.704. The molecule has 2 aliphatic heterocycles. The molecule has 98 valence electrons. The standard InChI is InChI=1S/C13H23NO3/c1-11(2,3)17-10(15)13-8-14-6-9(13)7-16-12(13,4)5/h9,14H,6-8H2,1-5H3. The van der Waals surface area contributed by atoms with Gasteiger partial charge in [-0.3, -0.25) is 4.79 Å². The van der Waals surface area contributed by atoms with Gasteiger partial charge in [0.1, 0.15) is 11.0 Å². The van der Waals surface area contributed by atoms with Gasteiger partial charge in [0, 0.05) is 19.0 Å². The summed E-state index contributed by atoms with van der Waals surface area (Å²) in [7, 11) is 0. The van der Waals surface area contributed by atoms with E-state index in [1.807, 2.05) is 34.6 Å². The minimum absolute atomic E-state index is 0.123. The van der Waals surface area contributed by atoms with Crippen LogP contribution in [0.3, 0.4) is 0 Å². The number of hydrogen-bond donors (Lipinski definition) is 1. The van der Waals surface area contributed by atoms with Crippen LogP contribution < -0.4 is 5.32 Å². The van der Waals surface area contributed by atoms with Gasteiger partial charge in [0.15, 0.2) is 0 Å². The molecule has 0 aliphatic carbocycles. The second kappa shape index (κ2) is 3.69. The highest BCUT2D eigenvalue weighted by molar-refractivity contribution is 5.80. The summed E-state index contributed by atoms with van der Waals surface area (Å²) in [5.41, 5.74) is -1.43. The predicted octanol–water partition coefficient (Wildman–Crippen LogP) is 1.34. The highest BCUT2D eigenvalue weighted by atomic mass is 16.6. The molecule has 4 nitrogen and oxygen atoms in total. The minimum atomic E-state index is -0.527. The molecule has 2 heterocycles. The van der Waals surface area contributed by atoms with Crippen LogP contribution in [0.15, 0.2) is 0 Å². The van der Waals surface area contributed by atoms with Gasteiger partial charge in [-0.05, 0) is 34.6 Å². The van der Waals surface area contributed by atoms with Crippen LogP contribution in [0.25, 0.3) is 0 Å². The van der Waals surface area contributed by atoms with Crippen molar-refractivity contribution in [1.29, 1.82) is 0 Å². The molecule has 2 unspecified atom stereocenters. The number of hydrogen-bond acceptors (Lipinski definition) is 4. The lowest BCUT2D eigenvalue weighted by atomic mass is 9.69. The fourth-order valence-corrected chi connectivity index (χ4v) is 2.96. The molecule has 0 saturated carbocycles. The Morgan fingerprint density at radius 2 is 2.06 bits per heavy atom. The second-order valence-electron chi connectivity index (χ2n) is 6.62. The molecular weight excluding hydrogens is 218 g/mol. The first-order chi connectivity index (χ1) is 7.69. The number of rotatable bonds is 1. The van der Waals surface area contributed by atoms with Crippen molar-refractivity contribution in [3.63, 3.8) is 0 Å². The first kappa shape index (κ1) is 12.8. The van der Waals surface area contributed by atoms with E-state index in [-0.39, 0.29) is 11.9 Å². The van der Waals surface area contributed by atoms with E-state index >= 15 is 0 Å². The molecule has 2 rings (SSSR count). The van der Waals surface area contributed by atoms with Crippen molar-refractivity contribution < 1.29 is 14.3 Å². The van der Waals surface area contributed by atoms with Crippen molar-refractivity contribution in [1.82, 2.24) is 5.32 Å². The lowest BCUT2D eigenvalue weighted by Crippen LogP contribution is -2.53. The third-order valence-electron chi connectivity index (χ3n) is 3.97. The summed E-state index contributed by atoms with van der Waals surface area (Å²) >= 11 is 0. The molecule has 2 atom stereocenters. The summed E-state index contributed by atoms with van der Waals surface area (Å²) in [5, 5.41) is 3.31. The molecule has 0 aromatic carbocycles. The highest BCUT2D eigenvalue weighted by Crippen LogP contribution is 2.50. The first-order valence-electron chi connectivity index (χ1n) is 6.27. The Morgan fingerprint density at radius 3 is 2.65 bits per heavy atom. The van der Waals surface area contributed by atoms with Crippen LogP contribution in [0.2, 0.25) is 0 Å². The molecular formula is C13H23NO3. The van der Waals surface area contributed by atoms with E-state index in [0.717, 1.165) is 6.54 Å². The fraction of sp³-hybridized carbons (Fsp3) is 0.923. The summed E-state index contributed by atoms with van der Waals surface area (Å²) in [6.45, 7) is 11.8. The third kappa shape index (κ3) is 1.87. The van der Waals surface area contributed by atoms with Gasteiger partial charge in [-0.25, -0.2) is 0 Å². The van der Waals surface area contributed by atoms with Crippen LogP contribution in [0.5, 0.6) is 0 Å². The van der Waals surface area contributed by atoms with Crippen molar-refractivity contribution in [3.8, 4) is 0 Å². The van der Waals surface area contributed by atoms with Gasteiger partial charge >= 0.3 is 5.97 Å². The summed E-state index contributed by atoms with van der Waals surface area (Å²) in [6, 6.07) is 0. The zero-order chi connectivity index (χ0) is 12.9. The number of ether oxygens (including phenoxy) is 2. The summed E-state index contributed by atoms with van der Waals surface area (Å²) in [6.07, 6.45) is 0. The predicted molar refractivity (Wildman–Crippen MR) is 64.7 cm³/mol.